The van der Waals surface area contributed by atoms with Crippen LogP contribution in [0, 0.1) is 5.92 Å². The third-order valence-corrected chi connectivity index (χ3v) is 5.63. The smallest absolute Gasteiger partial charge is 0.317 e. The van der Waals surface area contributed by atoms with Gasteiger partial charge < -0.3 is 25.0 Å². The van der Waals surface area contributed by atoms with Crippen LogP contribution in [0.2, 0.25) is 0 Å². The third kappa shape index (κ3) is 5.75. The van der Waals surface area contributed by atoms with Crippen molar-refractivity contribution in [2.45, 2.75) is 45.9 Å². The summed E-state index contributed by atoms with van der Waals surface area (Å²) in [6.07, 6.45) is 5.93. The average Bonchev–Trinajstić information content (AvgIpc) is 2.80. The minimum absolute atomic E-state index is 0.0110. The van der Waals surface area contributed by atoms with Gasteiger partial charge in [-0.05, 0) is 26.8 Å². The number of ether oxygens (including phenoxy) is 1. The van der Waals surface area contributed by atoms with Crippen LogP contribution in [-0.4, -0.2) is 86.7 Å². The summed E-state index contributed by atoms with van der Waals surface area (Å²) in [5.41, 5.74) is 1.70. The highest BCUT2D eigenvalue weighted by Gasteiger charge is 2.34. The van der Waals surface area contributed by atoms with E-state index in [4.69, 9.17) is 4.74 Å². The summed E-state index contributed by atoms with van der Waals surface area (Å²) < 4.78 is 6.22. The Bertz CT molecular complexity index is 971. The number of aliphatic hydroxyl groups is 1. The van der Waals surface area contributed by atoms with Gasteiger partial charge in [0.1, 0.15) is 18.0 Å². The number of pyridine rings is 1. The molecule has 3 amide bonds. The van der Waals surface area contributed by atoms with Crippen LogP contribution in [0.25, 0.3) is 11.1 Å². The molecule has 3 atom stereocenters. The van der Waals surface area contributed by atoms with Gasteiger partial charge in [-0.1, -0.05) is 6.92 Å². The molecule has 0 spiro atoms. The van der Waals surface area contributed by atoms with E-state index in [1.807, 2.05) is 20.8 Å². The maximum Gasteiger partial charge on any atom is 0.317 e. The van der Waals surface area contributed by atoms with Gasteiger partial charge in [0.15, 0.2) is 0 Å². The molecule has 33 heavy (non-hydrogen) atoms. The molecule has 3 rings (SSSR count). The van der Waals surface area contributed by atoms with Gasteiger partial charge in [-0.2, -0.15) is 0 Å². The highest BCUT2D eigenvalue weighted by Crippen LogP contribution is 2.30. The maximum atomic E-state index is 13.5. The highest BCUT2D eigenvalue weighted by molar-refractivity contribution is 5.98. The van der Waals surface area contributed by atoms with Crippen molar-refractivity contribution in [2.24, 2.45) is 5.92 Å². The van der Waals surface area contributed by atoms with E-state index in [9.17, 15) is 14.7 Å². The number of carbonyl (C=O) groups is 2. The quantitative estimate of drug-likeness (QED) is 0.680. The zero-order valence-electron chi connectivity index (χ0n) is 19.7. The standard InChI is InChI=1S/C23H32N6O4/c1-14(2)27-23(32)28(5)11-20-15(3)10-29(16(4)12-30)22(31)19-6-17(9-26-21(19)33-20)18-7-24-13-25-8-18/h6-9,13-16,20,30H,10-12H2,1-5H3,(H,27,32)/t15-,16+,20+/m1/s1. The number of nitrogens with one attached hydrogen (secondary N) is 1. The molecule has 1 aliphatic heterocycles. The van der Waals surface area contributed by atoms with Gasteiger partial charge in [-0.3, -0.25) is 4.79 Å². The molecule has 0 fully saturated rings. The van der Waals surface area contributed by atoms with E-state index in [2.05, 4.69) is 20.3 Å². The number of carbonyl (C=O) groups excluding carboxylic acids is 2. The van der Waals surface area contributed by atoms with Gasteiger partial charge in [0.05, 0.1) is 19.2 Å². The Hall–Kier alpha value is -3.27. The van der Waals surface area contributed by atoms with E-state index < -0.39 is 12.1 Å². The molecule has 2 aromatic heterocycles. The van der Waals surface area contributed by atoms with E-state index in [-0.39, 0.29) is 36.4 Å². The Morgan fingerprint density at radius 1 is 1.27 bits per heavy atom. The van der Waals surface area contributed by atoms with E-state index in [0.717, 1.165) is 5.56 Å². The number of aromatic nitrogens is 3. The fourth-order valence-electron chi connectivity index (χ4n) is 3.64. The van der Waals surface area contributed by atoms with E-state index in [0.29, 0.717) is 24.2 Å². The van der Waals surface area contributed by atoms with Gasteiger partial charge in [0, 0.05) is 55.3 Å². The van der Waals surface area contributed by atoms with Crippen LogP contribution < -0.4 is 10.1 Å². The fourth-order valence-corrected chi connectivity index (χ4v) is 3.64. The summed E-state index contributed by atoms with van der Waals surface area (Å²) in [7, 11) is 1.71. The number of hydrogen-bond donors (Lipinski definition) is 2. The first-order valence-corrected chi connectivity index (χ1v) is 11.1. The van der Waals surface area contributed by atoms with Crippen molar-refractivity contribution in [1.29, 1.82) is 0 Å². The molecule has 10 heteroatoms. The lowest BCUT2D eigenvalue weighted by Gasteiger charge is -2.37. The van der Waals surface area contributed by atoms with Crippen LogP contribution in [0.15, 0.2) is 31.0 Å². The second kappa shape index (κ2) is 10.6. The van der Waals surface area contributed by atoms with Crippen molar-refractivity contribution >= 4 is 11.9 Å². The van der Waals surface area contributed by atoms with Crippen LogP contribution in [0.3, 0.4) is 0 Å². The fraction of sp³-hybridized carbons (Fsp3) is 0.522. The summed E-state index contributed by atoms with van der Waals surface area (Å²) in [5.74, 6) is -0.187. The van der Waals surface area contributed by atoms with Crippen LogP contribution in [0.1, 0.15) is 38.1 Å². The minimum atomic E-state index is -0.411. The summed E-state index contributed by atoms with van der Waals surface area (Å²) in [6.45, 7) is 8.06. The van der Waals surface area contributed by atoms with Gasteiger partial charge in [-0.15, -0.1) is 0 Å². The first kappa shape index (κ1) is 24.4. The van der Waals surface area contributed by atoms with Gasteiger partial charge >= 0.3 is 6.03 Å². The lowest BCUT2D eigenvalue weighted by molar-refractivity contribution is 0.0352. The predicted octanol–water partition coefficient (Wildman–Crippen LogP) is 1.81. The number of fused-ring (bicyclic) bond motifs is 1. The molecule has 0 saturated heterocycles. The van der Waals surface area contributed by atoms with E-state index in [1.165, 1.54) is 6.33 Å². The van der Waals surface area contributed by atoms with Crippen LogP contribution in [0.4, 0.5) is 4.79 Å². The molecule has 0 aromatic carbocycles. The first-order chi connectivity index (χ1) is 15.7. The minimum Gasteiger partial charge on any atom is -0.472 e. The average molecular weight is 457 g/mol. The van der Waals surface area contributed by atoms with E-state index in [1.54, 1.807) is 48.4 Å². The van der Waals surface area contributed by atoms with Crippen molar-refractivity contribution < 1.29 is 19.4 Å². The molecule has 1 aliphatic rings. The number of rotatable bonds is 6. The molecule has 0 unspecified atom stereocenters. The Kier molecular flexibility index (Phi) is 7.80. The first-order valence-electron chi connectivity index (χ1n) is 11.1. The van der Waals surface area contributed by atoms with Gasteiger partial charge in [-0.25, -0.2) is 19.7 Å². The monoisotopic (exact) mass is 456 g/mol. The molecule has 178 valence electrons. The summed E-state index contributed by atoms with van der Waals surface area (Å²) in [6, 6.07) is 1.13. The van der Waals surface area contributed by atoms with Crippen molar-refractivity contribution in [3.05, 3.63) is 36.5 Å². The van der Waals surface area contributed by atoms with Crippen LogP contribution >= 0.6 is 0 Å². The second-order valence-electron chi connectivity index (χ2n) is 8.81. The molecule has 0 radical (unpaired) electrons. The SMILES string of the molecule is CC(C)NC(=O)N(C)C[C@@H]1Oc2ncc(-c3cncnc3)cc2C(=O)N([C@@H](C)CO)C[C@H]1C. The third-order valence-electron chi connectivity index (χ3n) is 5.63. The lowest BCUT2D eigenvalue weighted by atomic mass is 9.99. The zero-order valence-corrected chi connectivity index (χ0v) is 19.7. The van der Waals surface area contributed by atoms with Gasteiger partial charge in [0.2, 0.25) is 5.88 Å². The largest absolute Gasteiger partial charge is 0.472 e. The number of urea groups is 1. The molecule has 2 aromatic rings. The molecule has 0 aliphatic carbocycles. The number of amides is 3. The van der Waals surface area contributed by atoms with E-state index >= 15 is 0 Å². The van der Waals surface area contributed by atoms with Crippen molar-refractivity contribution in [3.63, 3.8) is 0 Å². The molecule has 0 saturated carbocycles. The number of hydrogen-bond acceptors (Lipinski definition) is 7. The Morgan fingerprint density at radius 2 is 1.97 bits per heavy atom. The van der Waals surface area contributed by atoms with Crippen LogP contribution in [-0.2, 0) is 0 Å². The highest BCUT2D eigenvalue weighted by atomic mass is 16.5. The molecular weight excluding hydrogens is 424 g/mol. The molecule has 10 nitrogen and oxygen atoms in total. The van der Waals surface area contributed by atoms with Crippen LogP contribution in [0.5, 0.6) is 5.88 Å². The summed E-state index contributed by atoms with van der Waals surface area (Å²) in [4.78, 5) is 41.6. The Morgan fingerprint density at radius 3 is 2.61 bits per heavy atom. The van der Waals surface area contributed by atoms with Crippen molar-refractivity contribution in [3.8, 4) is 17.0 Å². The van der Waals surface area contributed by atoms with Gasteiger partial charge in [0.25, 0.3) is 5.91 Å². The topological polar surface area (TPSA) is 121 Å². The zero-order chi connectivity index (χ0) is 24.1. The summed E-state index contributed by atoms with van der Waals surface area (Å²) >= 11 is 0. The Labute approximate surface area is 194 Å². The molecule has 3 heterocycles. The number of aliphatic hydroxyl groups excluding tert-OH is 1. The lowest BCUT2D eigenvalue weighted by Crippen LogP contribution is -2.51. The van der Waals surface area contributed by atoms with Crippen molar-refractivity contribution in [1.82, 2.24) is 30.1 Å². The molecule has 0 bridgehead atoms. The number of likely N-dealkylation sites (N-methyl/N-ethyl adjacent to an activating group) is 1. The maximum absolute atomic E-state index is 13.5. The molecule has 2 N–H and O–H groups in total. The predicted molar refractivity (Wildman–Crippen MR) is 123 cm³/mol. The molecular formula is C23H32N6O4. The number of nitrogens with zero attached hydrogens (tertiary/aromatic N) is 5. The Balaban J connectivity index is 1.97. The second-order valence-corrected chi connectivity index (χ2v) is 8.81. The summed E-state index contributed by atoms with van der Waals surface area (Å²) in [5, 5.41) is 12.7. The normalized spacial score (nSPS) is 19.2. The van der Waals surface area contributed by atoms with Crippen molar-refractivity contribution in [2.75, 3.05) is 26.7 Å².